The van der Waals surface area contributed by atoms with E-state index in [1.807, 2.05) is 12.1 Å². The van der Waals surface area contributed by atoms with E-state index < -0.39 is 0 Å². The van der Waals surface area contributed by atoms with Crippen LogP contribution in [0.3, 0.4) is 0 Å². The quantitative estimate of drug-likeness (QED) is 0.915. The highest BCUT2D eigenvalue weighted by molar-refractivity contribution is 5.29. The third-order valence-electron chi connectivity index (χ3n) is 4.40. The van der Waals surface area contributed by atoms with Gasteiger partial charge >= 0.3 is 0 Å². The van der Waals surface area contributed by atoms with Crippen LogP contribution in [0.2, 0.25) is 0 Å². The normalized spacial score (nSPS) is 22.0. The molecule has 0 amide bonds. The number of piperidine rings is 1. The molecule has 0 aliphatic carbocycles. The first-order valence-corrected chi connectivity index (χ1v) is 7.76. The summed E-state index contributed by atoms with van der Waals surface area (Å²) < 4.78 is 5.22. The van der Waals surface area contributed by atoms with Gasteiger partial charge in [-0.1, -0.05) is 42.5 Å². The second-order valence-electron chi connectivity index (χ2n) is 5.87. The zero-order chi connectivity index (χ0) is 14.5. The summed E-state index contributed by atoms with van der Waals surface area (Å²) in [6, 6.07) is 19.7. The minimum absolute atomic E-state index is 0.489. The lowest BCUT2D eigenvalue weighted by molar-refractivity contribution is 0.313. The maximum Gasteiger partial charge on any atom is 0.118 e. The van der Waals surface area contributed by atoms with Crippen molar-refractivity contribution in [3.05, 3.63) is 65.7 Å². The molecule has 1 heterocycles. The number of benzene rings is 2. The molecule has 0 spiro atoms. The smallest absolute Gasteiger partial charge is 0.118 e. The first-order chi connectivity index (χ1) is 10.3. The van der Waals surface area contributed by atoms with Crippen LogP contribution < -0.4 is 10.1 Å². The Balaban J connectivity index is 1.54. The Morgan fingerprint density at radius 3 is 2.38 bits per heavy atom. The highest BCUT2D eigenvalue weighted by Gasteiger charge is 2.21. The fourth-order valence-electron chi connectivity index (χ4n) is 3.16. The highest BCUT2D eigenvalue weighted by Crippen LogP contribution is 2.28. The van der Waals surface area contributed by atoms with Crippen molar-refractivity contribution in [2.75, 3.05) is 13.7 Å². The summed E-state index contributed by atoms with van der Waals surface area (Å²) >= 11 is 0. The summed E-state index contributed by atoms with van der Waals surface area (Å²) in [6.07, 6.45) is 3.69. The lowest BCUT2D eigenvalue weighted by atomic mass is 9.87. The van der Waals surface area contributed by atoms with Gasteiger partial charge < -0.3 is 10.1 Å². The Morgan fingerprint density at radius 2 is 1.76 bits per heavy atom. The molecular weight excluding hydrogens is 258 g/mol. The maximum absolute atomic E-state index is 5.22. The monoisotopic (exact) mass is 281 g/mol. The van der Waals surface area contributed by atoms with Crippen molar-refractivity contribution in [2.45, 2.75) is 25.3 Å². The van der Waals surface area contributed by atoms with Gasteiger partial charge in [-0.15, -0.1) is 0 Å². The molecule has 1 saturated heterocycles. The lowest BCUT2D eigenvalue weighted by Gasteiger charge is -2.30. The van der Waals surface area contributed by atoms with Gasteiger partial charge in [-0.2, -0.15) is 0 Å². The molecule has 110 valence electrons. The fourth-order valence-corrected chi connectivity index (χ4v) is 3.16. The van der Waals surface area contributed by atoms with Crippen molar-refractivity contribution in [3.8, 4) is 5.75 Å². The summed E-state index contributed by atoms with van der Waals surface area (Å²) in [6.45, 7) is 1.10. The molecule has 1 aliphatic heterocycles. The van der Waals surface area contributed by atoms with E-state index in [9.17, 15) is 0 Å². The summed E-state index contributed by atoms with van der Waals surface area (Å²) in [4.78, 5) is 0. The average molecular weight is 281 g/mol. The minimum Gasteiger partial charge on any atom is -0.497 e. The van der Waals surface area contributed by atoms with Gasteiger partial charge in [-0.3, -0.25) is 0 Å². The maximum atomic E-state index is 5.22. The van der Waals surface area contributed by atoms with Gasteiger partial charge in [0.15, 0.2) is 0 Å². The van der Waals surface area contributed by atoms with Gasteiger partial charge in [0.1, 0.15) is 5.75 Å². The SMILES string of the molecule is COc1ccc([C@@H]2CC[C@H](Cc3ccccc3)CN2)cc1. The molecule has 0 saturated carbocycles. The van der Waals surface area contributed by atoms with Crippen molar-refractivity contribution in [3.63, 3.8) is 0 Å². The van der Waals surface area contributed by atoms with E-state index >= 15 is 0 Å². The molecule has 21 heavy (non-hydrogen) atoms. The van der Waals surface area contributed by atoms with E-state index in [2.05, 4.69) is 47.8 Å². The highest BCUT2D eigenvalue weighted by atomic mass is 16.5. The molecule has 1 fully saturated rings. The number of hydrogen-bond donors (Lipinski definition) is 1. The molecule has 1 aliphatic rings. The largest absolute Gasteiger partial charge is 0.497 e. The second kappa shape index (κ2) is 6.77. The zero-order valence-corrected chi connectivity index (χ0v) is 12.6. The summed E-state index contributed by atoms with van der Waals surface area (Å²) in [5.41, 5.74) is 2.82. The second-order valence-corrected chi connectivity index (χ2v) is 5.87. The molecule has 3 rings (SSSR count). The van der Waals surface area contributed by atoms with Crippen molar-refractivity contribution in [1.82, 2.24) is 5.32 Å². The molecule has 0 radical (unpaired) electrons. The van der Waals surface area contributed by atoms with Crippen molar-refractivity contribution >= 4 is 0 Å². The standard InChI is InChI=1S/C19H23NO/c1-21-18-10-8-17(9-11-18)19-12-7-16(14-20-19)13-15-5-3-2-4-6-15/h2-6,8-11,16,19-20H,7,12-14H2,1H3/t16-,19+/m1/s1. The van der Waals surface area contributed by atoms with Gasteiger partial charge in [0, 0.05) is 6.04 Å². The molecule has 0 aromatic heterocycles. The summed E-state index contributed by atoms with van der Waals surface area (Å²) in [7, 11) is 1.71. The molecule has 2 heteroatoms. The summed E-state index contributed by atoms with van der Waals surface area (Å²) in [5.74, 6) is 1.68. The van der Waals surface area contributed by atoms with Crippen LogP contribution in [0, 0.1) is 5.92 Å². The Kier molecular flexibility index (Phi) is 4.56. The average Bonchev–Trinajstić information content (AvgIpc) is 2.57. The van der Waals surface area contributed by atoms with Crippen molar-refractivity contribution in [2.24, 2.45) is 5.92 Å². The molecule has 2 aromatic carbocycles. The number of rotatable bonds is 4. The van der Waals surface area contributed by atoms with Crippen LogP contribution in [0.15, 0.2) is 54.6 Å². The Labute approximate surface area is 127 Å². The lowest BCUT2D eigenvalue weighted by Crippen LogP contribution is -2.34. The van der Waals surface area contributed by atoms with Gasteiger partial charge in [-0.25, -0.2) is 0 Å². The number of hydrogen-bond acceptors (Lipinski definition) is 2. The van der Waals surface area contributed by atoms with Gasteiger partial charge in [0.05, 0.1) is 7.11 Å². The third-order valence-corrected chi connectivity index (χ3v) is 4.40. The van der Waals surface area contributed by atoms with Gasteiger partial charge in [0.25, 0.3) is 0 Å². The molecule has 2 atom stereocenters. The predicted octanol–water partition coefficient (Wildman–Crippen LogP) is 3.98. The van der Waals surface area contributed by atoms with Crippen LogP contribution in [-0.2, 0) is 6.42 Å². The third kappa shape index (κ3) is 3.64. The van der Waals surface area contributed by atoms with Gasteiger partial charge in [0.2, 0.25) is 0 Å². The van der Waals surface area contributed by atoms with E-state index in [0.717, 1.165) is 18.2 Å². The van der Waals surface area contributed by atoms with Crippen LogP contribution in [0.1, 0.15) is 30.0 Å². The molecular formula is C19H23NO. The Hall–Kier alpha value is -1.80. The number of nitrogens with one attached hydrogen (secondary N) is 1. The van der Waals surface area contributed by atoms with Crippen molar-refractivity contribution in [1.29, 1.82) is 0 Å². The minimum atomic E-state index is 0.489. The predicted molar refractivity (Wildman–Crippen MR) is 86.6 cm³/mol. The van der Waals surface area contributed by atoms with Crippen LogP contribution in [0.25, 0.3) is 0 Å². The van der Waals surface area contributed by atoms with Gasteiger partial charge in [-0.05, 0) is 55.0 Å². The van der Waals surface area contributed by atoms with Crippen LogP contribution in [0.5, 0.6) is 5.75 Å². The molecule has 2 nitrogen and oxygen atoms in total. The van der Waals surface area contributed by atoms with E-state index in [1.54, 1.807) is 7.11 Å². The first kappa shape index (κ1) is 14.2. The Morgan fingerprint density at radius 1 is 1.00 bits per heavy atom. The topological polar surface area (TPSA) is 21.3 Å². The van der Waals surface area contributed by atoms with E-state index in [4.69, 9.17) is 4.74 Å². The van der Waals surface area contributed by atoms with E-state index in [0.29, 0.717) is 6.04 Å². The molecule has 0 bridgehead atoms. The van der Waals surface area contributed by atoms with Crippen LogP contribution >= 0.6 is 0 Å². The molecule has 0 unspecified atom stereocenters. The van der Waals surface area contributed by atoms with Crippen LogP contribution in [-0.4, -0.2) is 13.7 Å². The zero-order valence-electron chi connectivity index (χ0n) is 12.6. The Bertz CT molecular complexity index is 542. The summed E-state index contributed by atoms with van der Waals surface area (Å²) in [5, 5.41) is 3.70. The molecule has 2 aromatic rings. The number of ether oxygens (including phenoxy) is 1. The van der Waals surface area contributed by atoms with E-state index in [-0.39, 0.29) is 0 Å². The first-order valence-electron chi connectivity index (χ1n) is 7.76. The number of methoxy groups -OCH3 is 1. The van der Waals surface area contributed by atoms with Crippen molar-refractivity contribution < 1.29 is 4.74 Å². The van der Waals surface area contributed by atoms with E-state index in [1.165, 1.54) is 30.4 Å². The fraction of sp³-hybridized carbons (Fsp3) is 0.368. The molecule has 1 N–H and O–H groups in total. The van der Waals surface area contributed by atoms with Crippen LogP contribution in [0.4, 0.5) is 0 Å².